The van der Waals surface area contributed by atoms with Gasteiger partial charge in [-0.25, -0.2) is 4.79 Å². The number of likely N-dealkylation sites (tertiary alicyclic amines) is 1. The molecule has 0 saturated carbocycles. The van der Waals surface area contributed by atoms with Crippen LogP contribution in [0.4, 0.5) is 0 Å². The molecule has 1 amide bonds. The number of hydrogen-bond donors (Lipinski definition) is 1. The monoisotopic (exact) mass is 339 g/mol. The third-order valence-corrected chi connectivity index (χ3v) is 5.08. The summed E-state index contributed by atoms with van der Waals surface area (Å²) in [6.07, 6.45) is 5.75. The van der Waals surface area contributed by atoms with Gasteiger partial charge in [0.15, 0.2) is 0 Å². The largest absolute Gasteiger partial charge is 0.478 e. The van der Waals surface area contributed by atoms with E-state index in [0.29, 0.717) is 11.7 Å². The van der Waals surface area contributed by atoms with Gasteiger partial charge in [0.25, 0.3) is 0 Å². The topological polar surface area (TPSA) is 75.4 Å². The summed E-state index contributed by atoms with van der Waals surface area (Å²) in [4.78, 5) is 25.0. The van der Waals surface area contributed by atoms with E-state index in [-0.39, 0.29) is 17.5 Å². The average Bonchev–Trinajstić information content (AvgIpc) is 3.01. The van der Waals surface area contributed by atoms with Gasteiger partial charge in [0.2, 0.25) is 5.91 Å². The second-order valence-corrected chi connectivity index (χ2v) is 7.47. The van der Waals surface area contributed by atoms with Gasteiger partial charge in [0.05, 0.1) is 23.6 Å². The van der Waals surface area contributed by atoms with E-state index in [1.165, 1.54) is 6.20 Å². The molecule has 0 radical (unpaired) electrons. The van der Waals surface area contributed by atoms with Gasteiger partial charge in [0, 0.05) is 19.3 Å². The molecule has 0 aliphatic carbocycles. The van der Waals surface area contributed by atoms with Crippen molar-refractivity contribution in [3.8, 4) is 0 Å². The van der Waals surface area contributed by atoms with Crippen LogP contribution in [0.1, 0.15) is 49.5 Å². The molecule has 0 spiro atoms. The summed E-state index contributed by atoms with van der Waals surface area (Å²) < 4.78 is 1.72. The highest BCUT2D eigenvalue weighted by Crippen LogP contribution is 2.23. The molecule has 0 atom stereocenters. The average molecular weight is 339 g/mol. The Morgan fingerprint density at radius 1 is 1.39 bits per heavy atom. The summed E-state index contributed by atoms with van der Waals surface area (Å²) in [6.45, 7) is 5.82. The summed E-state index contributed by atoms with van der Waals surface area (Å²) in [7, 11) is 0. The smallest absolute Gasteiger partial charge is 0.338 e. The number of aromatic carboxylic acids is 1. The highest BCUT2D eigenvalue weighted by Gasteiger charge is 2.24. The fraction of sp³-hybridized carbons (Fsp3) is 0.688. The second-order valence-electron chi connectivity index (χ2n) is 6.36. The van der Waals surface area contributed by atoms with Crippen molar-refractivity contribution >= 4 is 23.6 Å². The van der Waals surface area contributed by atoms with E-state index in [4.69, 9.17) is 5.11 Å². The Hall–Kier alpha value is -1.50. The van der Waals surface area contributed by atoms with Gasteiger partial charge in [-0.1, -0.05) is 13.8 Å². The summed E-state index contributed by atoms with van der Waals surface area (Å²) in [5.41, 5.74) is 0.213. The molecule has 1 fully saturated rings. The van der Waals surface area contributed by atoms with E-state index in [2.05, 4.69) is 18.9 Å². The van der Waals surface area contributed by atoms with Crippen LogP contribution in [0.15, 0.2) is 12.4 Å². The van der Waals surface area contributed by atoms with Crippen LogP contribution in [0, 0.1) is 5.92 Å². The van der Waals surface area contributed by atoms with Crippen molar-refractivity contribution in [1.82, 2.24) is 14.7 Å². The standard InChI is InChI=1S/C16H25N3O3S/c1-12(2)5-8-23-11-15(20)18-6-3-14(4-7-18)19-10-13(9-17-19)16(21)22/h9-10,12,14H,3-8,11H2,1-2H3,(H,21,22). The molecule has 2 rings (SSSR count). The highest BCUT2D eigenvalue weighted by molar-refractivity contribution is 7.99. The van der Waals surface area contributed by atoms with Crippen molar-refractivity contribution in [2.45, 2.75) is 39.2 Å². The minimum atomic E-state index is -0.956. The molecule has 1 saturated heterocycles. The van der Waals surface area contributed by atoms with Crippen LogP contribution in [-0.2, 0) is 4.79 Å². The molecule has 0 aromatic carbocycles. The number of carbonyl (C=O) groups is 2. The summed E-state index contributed by atoms with van der Waals surface area (Å²) in [5, 5.41) is 13.1. The van der Waals surface area contributed by atoms with Crippen LogP contribution < -0.4 is 0 Å². The fourth-order valence-corrected chi connectivity index (χ4v) is 3.74. The predicted molar refractivity (Wildman–Crippen MR) is 90.8 cm³/mol. The van der Waals surface area contributed by atoms with Gasteiger partial charge in [0.1, 0.15) is 0 Å². The first-order chi connectivity index (χ1) is 11.0. The number of nitrogens with zero attached hydrogens (tertiary/aromatic N) is 3. The maximum atomic E-state index is 12.2. The number of piperidine rings is 1. The minimum absolute atomic E-state index is 0.181. The minimum Gasteiger partial charge on any atom is -0.478 e. The number of carboxylic acids is 1. The number of amides is 1. The molecule has 0 bridgehead atoms. The van der Waals surface area contributed by atoms with E-state index < -0.39 is 5.97 Å². The van der Waals surface area contributed by atoms with Crippen LogP contribution >= 0.6 is 11.8 Å². The van der Waals surface area contributed by atoms with Gasteiger partial charge in [-0.2, -0.15) is 16.9 Å². The number of carboxylic acid groups (broad SMARTS) is 1. The molecule has 1 N–H and O–H groups in total. The van der Waals surface area contributed by atoms with Gasteiger partial charge in [-0.3, -0.25) is 9.48 Å². The Morgan fingerprint density at radius 2 is 2.09 bits per heavy atom. The number of carbonyl (C=O) groups excluding carboxylic acids is 1. The Bertz CT molecular complexity index is 536. The first-order valence-electron chi connectivity index (χ1n) is 8.10. The SMILES string of the molecule is CC(C)CCSCC(=O)N1CCC(n2cc(C(=O)O)cn2)CC1. The summed E-state index contributed by atoms with van der Waals surface area (Å²) in [6, 6.07) is 0.181. The van der Waals surface area contributed by atoms with E-state index in [0.717, 1.165) is 38.1 Å². The molecular formula is C16H25N3O3S. The maximum Gasteiger partial charge on any atom is 0.338 e. The van der Waals surface area contributed by atoms with Crippen LogP contribution in [-0.4, -0.2) is 56.3 Å². The van der Waals surface area contributed by atoms with E-state index in [1.807, 2.05) is 4.90 Å². The van der Waals surface area contributed by atoms with Crippen LogP contribution in [0.25, 0.3) is 0 Å². The lowest BCUT2D eigenvalue weighted by atomic mass is 10.1. The Morgan fingerprint density at radius 3 is 2.65 bits per heavy atom. The summed E-state index contributed by atoms with van der Waals surface area (Å²) in [5.74, 6) is 1.53. The fourth-order valence-electron chi connectivity index (χ4n) is 2.60. The van der Waals surface area contributed by atoms with Crippen molar-refractivity contribution in [3.63, 3.8) is 0 Å². The van der Waals surface area contributed by atoms with Gasteiger partial charge in [-0.15, -0.1) is 0 Å². The van der Waals surface area contributed by atoms with E-state index >= 15 is 0 Å². The number of rotatable bonds is 7. The molecule has 1 aromatic heterocycles. The van der Waals surface area contributed by atoms with E-state index in [9.17, 15) is 9.59 Å². The molecule has 1 aliphatic rings. The Balaban J connectivity index is 1.74. The molecule has 128 valence electrons. The molecule has 2 heterocycles. The zero-order valence-electron chi connectivity index (χ0n) is 13.8. The maximum absolute atomic E-state index is 12.2. The molecule has 23 heavy (non-hydrogen) atoms. The third-order valence-electron chi connectivity index (χ3n) is 4.10. The van der Waals surface area contributed by atoms with Gasteiger partial charge < -0.3 is 10.0 Å². The van der Waals surface area contributed by atoms with Crippen molar-refractivity contribution in [2.24, 2.45) is 5.92 Å². The molecule has 1 aliphatic heterocycles. The van der Waals surface area contributed by atoms with Crippen LogP contribution in [0.5, 0.6) is 0 Å². The predicted octanol–water partition coefficient (Wildman–Crippen LogP) is 2.52. The zero-order chi connectivity index (χ0) is 16.8. The quantitative estimate of drug-likeness (QED) is 0.773. The van der Waals surface area contributed by atoms with Crippen LogP contribution in [0.2, 0.25) is 0 Å². The van der Waals surface area contributed by atoms with Crippen LogP contribution in [0.3, 0.4) is 0 Å². The van der Waals surface area contributed by atoms with E-state index in [1.54, 1.807) is 22.6 Å². The summed E-state index contributed by atoms with van der Waals surface area (Å²) >= 11 is 1.71. The first kappa shape index (κ1) is 17.8. The zero-order valence-corrected chi connectivity index (χ0v) is 14.6. The van der Waals surface area contributed by atoms with Crippen molar-refractivity contribution in [2.75, 3.05) is 24.6 Å². The van der Waals surface area contributed by atoms with Crippen molar-refractivity contribution in [1.29, 1.82) is 0 Å². The molecular weight excluding hydrogens is 314 g/mol. The Kier molecular flexibility index (Phi) is 6.50. The number of hydrogen-bond acceptors (Lipinski definition) is 4. The van der Waals surface area contributed by atoms with Crippen molar-refractivity contribution < 1.29 is 14.7 Å². The molecule has 7 heteroatoms. The normalized spacial score (nSPS) is 16.0. The third kappa shape index (κ3) is 5.27. The Labute approximate surface area is 141 Å². The van der Waals surface area contributed by atoms with Crippen molar-refractivity contribution in [3.05, 3.63) is 18.0 Å². The first-order valence-corrected chi connectivity index (χ1v) is 9.25. The lowest BCUT2D eigenvalue weighted by Crippen LogP contribution is -2.40. The van der Waals surface area contributed by atoms with Gasteiger partial charge in [-0.05, 0) is 30.9 Å². The highest BCUT2D eigenvalue weighted by atomic mass is 32.2. The lowest BCUT2D eigenvalue weighted by Gasteiger charge is -2.32. The molecule has 0 unspecified atom stereocenters. The molecule has 6 nitrogen and oxygen atoms in total. The second kappa shape index (κ2) is 8.38. The molecule has 1 aromatic rings. The number of aromatic nitrogens is 2. The lowest BCUT2D eigenvalue weighted by molar-refractivity contribution is -0.129. The van der Waals surface area contributed by atoms with Gasteiger partial charge >= 0.3 is 5.97 Å². The number of thioether (sulfide) groups is 1.